The summed E-state index contributed by atoms with van der Waals surface area (Å²) >= 11 is 0. The molecule has 1 aliphatic heterocycles. The summed E-state index contributed by atoms with van der Waals surface area (Å²) in [7, 11) is 0. The first-order chi connectivity index (χ1) is 16.6. The highest BCUT2D eigenvalue weighted by Gasteiger charge is 2.35. The standard InChI is InChI=1S/C28H39N3O4/c1-21(2)20-34-26(32)29-24(22-12-8-6-9-13-22)25(23-14-10-7-11-15-23)30-16-18-31(19-17-30)27(33)35-28(3,4)5/h6-15,21,24-25H,16-20H2,1-5H3,(H,29,32). The minimum Gasteiger partial charge on any atom is -0.449 e. The third kappa shape index (κ3) is 7.99. The molecule has 7 heteroatoms. The van der Waals surface area contributed by atoms with Gasteiger partial charge in [0.1, 0.15) is 5.60 Å². The molecule has 1 fully saturated rings. The molecule has 0 aromatic heterocycles. The largest absolute Gasteiger partial charge is 0.449 e. The number of benzene rings is 2. The maximum atomic E-state index is 12.8. The molecular weight excluding hydrogens is 442 g/mol. The third-order valence-electron chi connectivity index (χ3n) is 5.80. The van der Waals surface area contributed by atoms with Crippen LogP contribution >= 0.6 is 0 Å². The summed E-state index contributed by atoms with van der Waals surface area (Å²) in [5.41, 5.74) is 1.56. The lowest BCUT2D eigenvalue weighted by atomic mass is 9.91. The van der Waals surface area contributed by atoms with E-state index >= 15 is 0 Å². The van der Waals surface area contributed by atoms with Gasteiger partial charge in [-0.05, 0) is 37.8 Å². The molecule has 7 nitrogen and oxygen atoms in total. The van der Waals surface area contributed by atoms with Gasteiger partial charge in [0.05, 0.1) is 18.7 Å². The lowest BCUT2D eigenvalue weighted by molar-refractivity contribution is 0.00780. The minimum atomic E-state index is -0.528. The Bertz CT molecular complexity index is 936. The van der Waals surface area contributed by atoms with Gasteiger partial charge in [-0.25, -0.2) is 9.59 Å². The number of carbonyl (C=O) groups is 2. The van der Waals surface area contributed by atoms with Gasteiger partial charge in [-0.3, -0.25) is 4.90 Å². The Morgan fingerprint density at radius 2 is 1.43 bits per heavy atom. The summed E-state index contributed by atoms with van der Waals surface area (Å²) in [6.07, 6.45) is -0.718. The molecule has 1 saturated heterocycles. The van der Waals surface area contributed by atoms with E-state index in [1.165, 1.54) is 0 Å². The number of alkyl carbamates (subject to hydrolysis) is 1. The number of amides is 2. The van der Waals surface area contributed by atoms with E-state index in [0.717, 1.165) is 11.1 Å². The quantitative estimate of drug-likeness (QED) is 0.573. The van der Waals surface area contributed by atoms with Gasteiger partial charge in [-0.1, -0.05) is 74.5 Å². The Kier molecular flexibility index (Phi) is 9.15. The number of hydrogen-bond acceptors (Lipinski definition) is 5. The van der Waals surface area contributed by atoms with Crippen molar-refractivity contribution in [2.75, 3.05) is 32.8 Å². The van der Waals surface area contributed by atoms with Gasteiger partial charge >= 0.3 is 12.2 Å². The molecule has 2 unspecified atom stereocenters. The zero-order valence-electron chi connectivity index (χ0n) is 21.6. The van der Waals surface area contributed by atoms with Crippen LogP contribution < -0.4 is 5.32 Å². The average molecular weight is 482 g/mol. The number of rotatable bonds is 7. The van der Waals surface area contributed by atoms with Gasteiger partial charge in [-0.15, -0.1) is 0 Å². The van der Waals surface area contributed by atoms with E-state index in [-0.39, 0.29) is 24.1 Å². The molecule has 0 aliphatic carbocycles. The van der Waals surface area contributed by atoms with Crippen LogP contribution in [0.5, 0.6) is 0 Å². The van der Waals surface area contributed by atoms with Crippen LogP contribution in [0.4, 0.5) is 9.59 Å². The molecule has 1 aliphatic rings. The van der Waals surface area contributed by atoms with E-state index in [2.05, 4.69) is 22.3 Å². The van der Waals surface area contributed by atoms with Crippen LogP contribution in [0.1, 0.15) is 57.8 Å². The summed E-state index contributed by atoms with van der Waals surface area (Å²) in [5.74, 6) is 0.252. The van der Waals surface area contributed by atoms with Gasteiger partial charge in [0.2, 0.25) is 0 Å². The first-order valence-corrected chi connectivity index (χ1v) is 12.4. The first kappa shape index (κ1) is 26.5. The Hall–Kier alpha value is -3.06. The second kappa shape index (κ2) is 12.1. The van der Waals surface area contributed by atoms with Gasteiger partial charge in [0, 0.05) is 26.2 Å². The molecule has 0 spiro atoms. The van der Waals surface area contributed by atoms with E-state index in [9.17, 15) is 9.59 Å². The monoisotopic (exact) mass is 481 g/mol. The number of nitrogens with zero attached hydrogens (tertiary/aromatic N) is 2. The van der Waals surface area contributed by atoms with Gasteiger partial charge in [0.15, 0.2) is 0 Å². The molecule has 35 heavy (non-hydrogen) atoms. The van der Waals surface area contributed by atoms with Crippen LogP contribution in [0, 0.1) is 5.92 Å². The van der Waals surface area contributed by atoms with Crippen molar-refractivity contribution in [3.8, 4) is 0 Å². The second-order valence-electron chi connectivity index (χ2n) is 10.4. The molecule has 2 atom stereocenters. The van der Waals surface area contributed by atoms with Gasteiger partial charge in [-0.2, -0.15) is 0 Å². The Balaban J connectivity index is 1.85. The normalized spacial score (nSPS) is 16.5. The fraction of sp³-hybridized carbons (Fsp3) is 0.500. The van der Waals surface area contributed by atoms with E-state index in [1.54, 1.807) is 4.90 Å². The van der Waals surface area contributed by atoms with E-state index < -0.39 is 11.7 Å². The SMILES string of the molecule is CC(C)COC(=O)NC(c1ccccc1)C(c1ccccc1)N1CCN(C(=O)OC(C)(C)C)CC1. The van der Waals surface area contributed by atoms with Crippen LogP contribution in [0.3, 0.4) is 0 Å². The number of piperazine rings is 1. The Morgan fingerprint density at radius 3 is 1.94 bits per heavy atom. The highest BCUT2D eigenvalue weighted by atomic mass is 16.6. The zero-order chi connectivity index (χ0) is 25.4. The summed E-state index contributed by atoms with van der Waals surface area (Å²) in [4.78, 5) is 29.5. The molecule has 0 saturated carbocycles. The van der Waals surface area contributed by atoms with E-state index in [0.29, 0.717) is 32.8 Å². The molecule has 2 aromatic carbocycles. The van der Waals surface area contributed by atoms with Crippen LogP contribution in [0.15, 0.2) is 60.7 Å². The van der Waals surface area contributed by atoms with Crippen molar-refractivity contribution in [2.45, 2.75) is 52.3 Å². The predicted molar refractivity (Wildman–Crippen MR) is 137 cm³/mol. The molecule has 190 valence electrons. The van der Waals surface area contributed by atoms with Crippen molar-refractivity contribution in [3.63, 3.8) is 0 Å². The van der Waals surface area contributed by atoms with Crippen molar-refractivity contribution in [1.29, 1.82) is 0 Å². The van der Waals surface area contributed by atoms with Gasteiger partial charge < -0.3 is 19.7 Å². The number of ether oxygens (including phenoxy) is 2. The molecule has 2 amide bonds. The molecule has 0 radical (unpaired) electrons. The predicted octanol–water partition coefficient (Wildman–Crippen LogP) is 5.40. The lowest BCUT2D eigenvalue weighted by Gasteiger charge is -2.42. The molecule has 3 rings (SSSR count). The van der Waals surface area contributed by atoms with Crippen molar-refractivity contribution in [1.82, 2.24) is 15.1 Å². The van der Waals surface area contributed by atoms with Crippen LogP contribution in [0.2, 0.25) is 0 Å². The smallest absolute Gasteiger partial charge is 0.410 e. The maximum absolute atomic E-state index is 12.8. The maximum Gasteiger partial charge on any atom is 0.410 e. The Morgan fingerprint density at radius 1 is 0.886 bits per heavy atom. The van der Waals surface area contributed by atoms with Crippen molar-refractivity contribution in [2.24, 2.45) is 5.92 Å². The lowest BCUT2D eigenvalue weighted by Crippen LogP contribution is -2.52. The highest BCUT2D eigenvalue weighted by Crippen LogP contribution is 2.35. The van der Waals surface area contributed by atoms with Crippen LogP contribution in [0.25, 0.3) is 0 Å². The number of hydrogen-bond donors (Lipinski definition) is 1. The summed E-state index contributed by atoms with van der Waals surface area (Å²) in [5, 5.41) is 3.14. The summed E-state index contributed by atoms with van der Waals surface area (Å²) in [6, 6.07) is 19.7. The number of nitrogens with one attached hydrogen (secondary N) is 1. The van der Waals surface area contributed by atoms with Crippen molar-refractivity contribution >= 4 is 12.2 Å². The van der Waals surface area contributed by atoms with Crippen molar-refractivity contribution < 1.29 is 19.1 Å². The number of carbonyl (C=O) groups excluding carboxylic acids is 2. The molecule has 1 N–H and O–H groups in total. The van der Waals surface area contributed by atoms with Crippen LogP contribution in [-0.4, -0.2) is 60.4 Å². The summed E-state index contributed by atoms with van der Waals surface area (Å²) < 4.78 is 11.1. The average Bonchev–Trinajstić information content (AvgIpc) is 2.83. The first-order valence-electron chi connectivity index (χ1n) is 12.4. The molecular formula is C28H39N3O4. The van der Waals surface area contributed by atoms with E-state index in [4.69, 9.17) is 9.47 Å². The fourth-order valence-corrected chi connectivity index (χ4v) is 4.19. The molecule has 1 heterocycles. The summed E-state index contributed by atoms with van der Waals surface area (Å²) in [6.45, 7) is 12.4. The molecule has 0 bridgehead atoms. The third-order valence-corrected chi connectivity index (χ3v) is 5.80. The minimum absolute atomic E-state index is 0.133. The van der Waals surface area contributed by atoms with Crippen LogP contribution in [-0.2, 0) is 9.47 Å². The second-order valence-corrected chi connectivity index (χ2v) is 10.4. The topological polar surface area (TPSA) is 71.1 Å². The zero-order valence-corrected chi connectivity index (χ0v) is 21.6. The fourth-order valence-electron chi connectivity index (χ4n) is 4.19. The van der Waals surface area contributed by atoms with E-state index in [1.807, 2.05) is 83.1 Å². The highest BCUT2D eigenvalue weighted by molar-refractivity contribution is 5.68. The Labute approximate surface area is 209 Å². The molecule has 2 aromatic rings. The van der Waals surface area contributed by atoms with Crippen molar-refractivity contribution in [3.05, 3.63) is 71.8 Å². The van der Waals surface area contributed by atoms with Gasteiger partial charge in [0.25, 0.3) is 0 Å².